The number of hydrogen-bond donors (Lipinski definition) is 2. The third-order valence-corrected chi connectivity index (χ3v) is 3.43. The number of carbonyl (C=O) groups is 4. The van der Waals surface area contributed by atoms with E-state index in [-0.39, 0.29) is 33.0 Å². The van der Waals surface area contributed by atoms with Crippen molar-refractivity contribution < 1.29 is 38.9 Å². The van der Waals surface area contributed by atoms with Crippen molar-refractivity contribution in [1.82, 2.24) is 0 Å². The first kappa shape index (κ1) is 16.9. The van der Waals surface area contributed by atoms with Crippen molar-refractivity contribution in [2.45, 2.75) is 0 Å². The first-order chi connectivity index (χ1) is 11.3. The molecule has 0 saturated carbocycles. The molecule has 0 atom stereocenters. The van der Waals surface area contributed by atoms with Crippen molar-refractivity contribution >= 4 is 34.6 Å². The lowest BCUT2D eigenvalue weighted by molar-refractivity contribution is 0.0591. The normalized spacial score (nSPS) is 10.2. The fourth-order valence-electron chi connectivity index (χ4n) is 2.41. The number of fused-ring (bicyclic) bond motifs is 1. The largest absolute Gasteiger partial charge is 0.478 e. The zero-order valence-corrected chi connectivity index (χ0v) is 12.7. The molecule has 8 nitrogen and oxygen atoms in total. The minimum Gasteiger partial charge on any atom is -0.478 e. The molecule has 0 aliphatic carbocycles. The number of benzene rings is 2. The van der Waals surface area contributed by atoms with Gasteiger partial charge < -0.3 is 19.7 Å². The number of esters is 2. The van der Waals surface area contributed by atoms with Crippen molar-refractivity contribution in [3.8, 4) is 0 Å². The maximum Gasteiger partial charge on any atom is 0.338 e. The zero-order valence-electron chi connectivity index (χ0n) is 12.7. The molecule has 2 aromatic rings. The van der Waals surface area contributed by atoms with Crippen molar-refractivity contribution in [2.24, 2.45) is 0 Å². The molecule has 0 radical (unpaired) electrons. The summed E-state index contributed by atoms with van der Waals surface area (Å²) in [5, 5.41) is 18.3. The highest BCUT2D eigenvalue weighted by molar-refractivity contribution is 6.22. The Morgan fingerprint density at radius 2 is 0.958 bits per heavy atom. The van der Waals surface area contributed by atoms with Gasteiger partial charge in [-0.3, -0.25) is 0 Å². The lowest BCUT2D eigenvalue weighted by atomic mass is 9.91. The van der Waals surface area contributed by atoms with Crippen LogP contribution in [-0.2, 0) is 9.47 Å². The molecule has 0 fully saturated rings. The van der Waals surface area contributed by atoms with Gasteiger partial charge in [0, 0.05) is 10.8 Å². The molecule has 24 heavy (non-hydrogen) atoms. The lowest BCUT2D eigenvalue weighted by Gasteiger charge is -2.13. The van der Waals surface area contributed by atoms with Crippen LogP contribution in [0.1, 0.15) is 41.4 Å². The molecule has 8 heteroatoms. The predicted molar refractivity (Wildman–Crippen MR) is 80.5 cm³/mol. The second kappa shape index (κ2) is 6.37. The van der Waals surface area contributed by atoms with E-state index < -0.39 is 23.9 Å². The third-order valence-electron chi connectivity index (χ3n) is 3.43. The highest BCUT2D eigenvalue weighted by Gasteiger charge is 2.25. The Morgan fingerprint density at radius 1 is 0.667 bits per heavy atom. The molecule has 0 saturated heterocycles. The number of aromatic carboxylic acids is 2. The SMILES string of the molecule is COC(=O)c1ccc(C(=O)O)c2c(C(=O)OC)ccc(C(=O)O)c12. The maximum absolute atomic E-state index is 12.0. The minimum absolute atomic E-state index is 0.166. The van der Waals surface area contributed by atoms with Crippen LogP contribution < -0.4 is 0 Å². The lowest BCUT2D eigenvalue weighted by Crippen LogP contribution is -2.13. The molecule has 0 heterocycles. The molecule has 2 N–H and O–H groups in total. The molecule has 0 aliphatic heterocycles. The summed E-state index contributed by atoms with van der Waals surface area (Å²) >= 11 is 0. The molecule has 0 amide bonds. The summed E-state index contributed by atoms with van der Waals surface area (Å²) in [6, 6.07) is 4.50. The van der Waals surface area contributed by atoms with E-state index >= 15 is 0 Å². The van der Waals surface area contributed by atoms with E-state index in [0.717, 1.165) is 38.5 Å². The van der Waals surface area contributed by atoms with Crippen molar-refractivity contribution in [2.75, 3.05) is 14.2 Å². The number of carboxylic acid groups (broad SMARTS) is 2. The number of hydrogen-bond acceptors (Lipinski definition) is 6. The smallest absolute Gasteiger partial charge is 0.338 e. The van der Waals surface area contributed by atoms with Crippen LogP contribution >= 0.6 is 0 Å². The van der Waals surface area contributed by atoms with Gasteiger partial charge in [0.25, 0.3) is 0 Å². The van der Waals surface area contributed by atoms with E-state index in [1.165, 1.54) is 0 Å². The number of rotatable bonds is 4. The molecular weight excluding hydrogens is 320 g/mol. The molecule has 2 aromatic carbocycles. The minimum atomic E-state index is -1.39. The second-order valence-corrected chi connectivity index (χ2v) is 4.66. The molecule has 0 unspecified atom stereocenters. The molecule has 0 bridgehead atoms. The zero-order chi connectivity index (χ0) is 18.0. The van der Waals surface area contributed by atoms with Crippen LogP contribution in [0.25, 0.3) is 10.8 Å². The van der Waals surface area contributed by atoms with Crippen LogP contribution in [-0.4, -0.2) is 48.3 Å². The Kier molecular flexibility index (Phi) is 4.50. The van der Waals surface area contributed by atoms with Gasteiger partial charge in [0.1, 0.15) is 0 Å². The van der Waals surface area contributed by atoms with Gasteiger partial charge in [-0.2, -0.15) is 0 Å². The molecule has 2 rings (SSSR count). The maximum atomic E-state index is 12.0. The molecule has 0 spiro atoms. The number of carbonyl (C=O) groups excluding carboxylic acids is 2. The van der Waals surface area contributed by atoms with Crippen LogP contribution in [0.4, 0.5) is 0 Å². The van der Waals surface area contributed by atoms with E-state index in [0.29, 0.717) is 0 Å². The van der Waals surface area contributed by atoms with Crippen molar-refractivity contribution in [3.05, 3.63) is 46.5 Å². The number of ether oxygens (including phenoxy) is 2. The summed E-state index contributed by atoms with van der Waals surface area (Å²) in [6.45, 7) is 0. The van der Waals surface area contributed by atoms with Crippen LogP contribution in [0, 0.1) is 0 Å². The topological polar surface area (TPSA) is 127 Å². The summed E-state index contributed by atoms with van der Waals surface area (Å²) in [5.74, 6) is -4.49. The standard InChI is InChI=1S/C16H12O8/c1-23-15(21)9-5-3-8(14(19)20)12-10(16(22)24-2)6-4-7(11(9)12)13(17)18/h3-6H,1-2H3,(H,17,18)(H,19,20). The molecular formula is C16H12O8. The van der Waals surface area contributed by atoms with E-state index in [4.69, 9.17) is 0 Å². The quantitative estimate of drug-likeness (QED) is 0.811. The van der Waals surface area contributed by atoms with E-state index in [1.807, 2.05) is 0 Å². The Hall–Kier alpha value is -3.42. The van der Waals surface area contributed by atoms with Gasteiger partial charge in [0.05, 0.1) is 36.5 Å². The van der Waals surface area contributed by atoms with Gasteiger partial charge in [-0.1, -0.05) is 0 Å². The van der Waals surface area contributed by atoms with Crippen LogP contribution in [0.2, 0.25) is 0 Å². The fourth-order valence-corrected chi connectivity index (χ4v) is 2.41. The van der Waals surface area contributed by atoms with Crippen molar-refractivity contribution in [3.63, 3.8) is 0 Å². The highest BCUT2D eigenvalue weighted by Crippen LogP contribution is 2.31. The van der Waals surface area contributed by atoms with E-state index in [2.05, 4.69) is 9.47 Å². The summed E-state index contributed by atoms with van der Waals surface area (Å²) < 4.78 is 9.22. The molecule has 0 aromatic heterocycles. The average molecular weight is 332 g/mol. The molecule has 124 valence electrons. The summed E-state index contributed by atoms with van der Waals surface area (Å²) in [4.78, 5) is 46.9. The van der Waals surface area contributed by atoms with Gasteiger partial charge in [-0.25, -0.2) is 19.2 Å². The van der Waals surface area contributed by atoms with Crippen molar-refractivity contribution in [1.29, 1.82) is 0 Å². The Balaban J connectivity index is 3.11. The van der Waals surface area contributed by atoms with Gasteiger partial charge in [0.15, 0.2) is 0 Å². The number of methoxy groups -OCH3 is 2. The Labute approximate surface area is 135 Å². The van der Waals surface area contributed by atoms with E-state index in [1.54, 1.807) is 0 Å². The second-order valence-electron chi connectivity index (χ2n) is 4.66. The van der Waals surface area contributed by atoms with Crippen LogP contribution in [0.3, 0.4) is 0 Å². The first-order valence-corrected chi connectivity index (χ1v) is 6.56. The van der Waals surface area contributed by atoms with Gasteiger partial charge >= 0.3 is 23.9 Å². The predicted octanol–water partition coefficient (Wildman–Crippen LogP) is 1.81. The summed E-state index contributed by atoms with van der Waals surface area (Å²) in [5.41, 5.74) is -0.997. The van der Waals surface area contributed by atoms with Crippen LogP contribution in [0.5, 0.6) is 0 Å². The Bertz CT molecular complexity index is 808. The average Bonchev–Trinajstić information content (AvgIpc) is 2.57. The third kappa shape index (κ3) is 2.65. The summed E-state index contributed by atoms with van der Waals surface area (Å²) in [6.07, 6.45) is 0. The van der Waals surface area contributed by atoms with Gasteiger partial charge in [-0.15, -0.1) is 0 Å². The fraction of sp³-hybridized carbons (Fsp3) is 0.125. The van der Waals surface area contributed by atoms with Crippen LogP contribution in [0.15, 0.2) is 24.3 Å². The summed E-state index contributed by atoms with van der Waals surface area (Å²) in [7, 11) is 2.20. The monoisotopic (exact) mass is 332 g/mol. The highest BCUT2D eigenvalue weighted by atomic mass is 16.5. The first-order valence-electron chi connectivity index (χ1n) is 6.56. The van der Waals surface area contributed by atoms with E-state index in [9.17, 15) is 29.4 Å². The van der Waals surface area contributed by atoms with Gasteiger partial charge in [-0.05, 0) is 24.3 Å². The molecule has 0 aliphatic rings. The van der Waals surface area contributed by atoms with Gasteiger partial charge in [0.2, 0.25) is 0 Å². The Morgan fingerprint density at radius 3 is 1.21 bits per heavy atom. The number of carboxylic acids is 2.